The standard InChI is InChI=1S/C2H5BrO2/c1-4-2-5-3/h2H2,1H3. The molecule has 2 nitrogen and oxygen atoms in total. The summed E-state index contributed by atoms with van der Waals surface area (Å²) in [6.45, 7) is 0.306. The summed E-state index contributed by atoms with van der Waals surface area (Å²) in [5, 5.41) is 0. The van der Waals surface area contributed by atoms with E-state index >= 15 is 0 Å². The van der Waals surface area contributed by atoms with E-state index in [4.69, 9.17) is 0 Å². The first kappa shape index (κ1) is 5.40. The second-order valence-electron chi connectivity index (χ2n) is 0.516. The lowest BCUT2D eigenvalue weighted by Gasteiger charge is -1.84. The first-order valence-corrected chi connectivity index (χ1v) is 1.79. The van der Waals surface area contributed by atoms with Gasteiger partial charge in [0, 0.05) is 7.11 Å². The molecule has 0 atom stereocenters. The molecule has 0 aliphatic rings. The molecule has 0 spiro atoms. The predicted molar refractivity (Wildman–Crippen MR) is 21.9 cm³/mol. The molecule has 32 valence electrons. The fourth-order valence-corrected chi connectivity index (χ4v) is 0.231. The van der Waals surface area contributed by atoms with Crippen molar-refractivity contribution in [2.24, 2.45) is 0 Å². The maximum absolute atomic E-state index is 4.42. The molecule has 0 aliphatic carbocycles. The summed E-state index contributed by atoms with van der Waals surface area (Å²) in [5.41, 5.74) is 0. The van der Waals surface area contributed by atoms with Crippen LogP contribution in [0.25, 0.3) is 0 Å². The number of methoxy groups -OCH3 is 1. The second kappa shape index (κ2) is 4.40. The topological polar surface area (TPSA) is 18.5 Å². The van der Waals surface area contributed by atoms with Gasteiger partial charge in [0.25, 0.3) is 0 Å². The molecule has 0 heterocycles. The van der Waals surface area contributed by atoms with Gasteiger partial charge >= 0.3 is 0 Å². The molecular formula is C2H5BrO2. The van der Waals surface area contributed by atoms with Crippen LogP contribution in [0.2, 0.25) is 0 Å². The third kappa shape index (κ3) is 4.40. The Morgan fingerprint density at radius 3 is 2.40 bits per heavy atom. The fraction of sp³-hybridized carbons (Fsp3) is 1.00. The second-order valence-corrected chi connectivity index (χ2v) is 0.973. The number of halogens is 1. The average molecular weight is 141 g/mol. The normalized spacial score (nSPS) is 8.40. The molecule has 0 radical (unpaired) electrons. The quantitative estimate of drug-likeness (QED) is 0.532. The van der Waals surface area contributed by atoms with Gasteiger partial charge in [-0.2, -0.15) is 0 Å². The van der Waals surface area contributed by atoms with Crippen LogP contribution in [-0.4, -0.2) is 13.9 Å². The van der Waals surface area contributed by atoms with Gasteiger partial charge < -0.3 is 4.74 Å². The third-order valence-corrected chi connectivity index (χ3v) is 0.349. The van der Waals surface area contributed by atoms with Gasteiger partial charge in [-0.15, -0.1) is 0 Å². The summed E-state index contributed by atoms with van der Waals surface area (Å²) in [6, 6.07) is 0. The van der Waals surface area contributed by atoms with Crippen LogP contribution in [0, 0.1) is 0 Å². The minimum Gasteiger partial charge on any atom is -0.358 e. The van der Waals surface area contributed by atoms with Crippen molar-refractivity contribution < 1.29 is 8.57 Å². The number of ether oxygens (including phenoxy) is 1. The molecular weight excluding hydrogens is 136 g/mol. The zero-order chi connectivity index (χ0) is 4.12. The molecule has 5 heavy (non-hydrogen) atoms. The van der Waals surface area contributed by atoms with Gasteiger partial charge in [0.15, 0.2) is 6.79 Å². The number of rotatable bonds is 2. The molecule has 0 aromatic rings. The highest BCUT2D eigenvalue weighted by Gasteiger charge is 1.66. The zero-order valence-electron chi connectivity index (χ0n) is 2.90. The van der Waals surface area contributed by atoms with Crippen LogP contribution in [-0.2, 0) is 8.57 Å². The highest BCUT2D eigenvalue weighted by Crippen LogP contribution is 1.79. The SMILES string of the molecule is COCOBr. The van der Waals surface area contributed by atoms with Crippen molar-refractivity contribution in [3.8, 4) is 0 Å². The van der Waals surface area contributed by atoms with Crippen molar-refractivity contribution in [1.82, 2.24) is 0 Å². The lowest BCUT2D eigenvalue weighted by atomic mass is 11.4. The molecule has 0 unspecified atom stereocenters. The van der Waals surface area contributed by atoms with Crippen molar-refractivity contribution in [3.05, 3.63) is 0 Å². The summed E-state index contributed by atoms with van der Waals surface area (Å²) in [7, 11) is 1.56. The molecule has 0 amide bonds. The molecule has 0 rings (SSSR count). The predicted octanol–water partition coefficient (Wildman–Crippen LogP) is 0.917. The zero-order valence-corrected chi connectivity index (χ0v) is 4.49. The average Bonchev–Trinajstić information content (AvgIpc) is 1.41. The molecule has 0 saturated carbocycles. The van der Waals surface area contributed by atoms with Crippen molar-refractivity contribution in [2.75, 3.05) is 13.9 Å². The van der Waals surface area contributed by atoms with Gasteiger partial charge in [0.2, 0.25) is 0 Å². The highest BCUT2D eigenvalue weighted by molar-refractivity contribution is 9.06. The van der Waals surface area contributed by atoms with Crippen molar-refractivity contribution in [1.29, 1.82) is 0 Å². The Kier molecular flexibility index (Phi) is 4.75. The van der Waals surface area contributed by atoms with E-state index in [0.29, 0.717) is 6.79 Å². The number of hydrogen-bond donors (Lipinski definition) is 0. The van der Waals surface area contributed by atoms with Gasteiger partial charge in [0.1, 0.15) is 16.3 Å². The maximum Gasteiger partial charge on any atom is 0.159 e. The van der Waals surface area contributed by atoms with Gasteiger partial charge in [-0.3, -0.25) is 3.83 Å². The summed E-state index contributed by atoms with van der Waals surface area (Å²) in [5.74, 6) is 0. The summed E-state index contributed by atoms with van der Waals surface area (Å²) < 4.78 is 8.70. The Bertz CT molecular complexity index is 15.1. The fourth-order valence-electron chi connectivity index (χ4n) is 0.0445. The summed E-state index contributed by atoms with van der Waals surface area (Å²) in [4.78, 5) is 0. The Labute approximate surface area is 39.5 Å². The van der Waals surface area contributed by atoms with Gasteiger partial charge in [-0.1, -0.05) is 0 Å². The monoisotopic (exact) mass is 140 g/mol. The van der Waals surface area contributed by atoms with Crippen molar-refractivity contribution in [2.45, 2.75) is 0 Å². The van der Waals surface area contributed by atoms with Crippen LogP contribution in [0.3, 0.4) is 0 Å². The Balaban J connectivity index is 2.19. The molecule has 0 bridgehead atoms. The largest absolute Gasteiger partial charge is 0.358 e. The van der Waals surface area contributed by atoms with E-state index in [1.54, 1.807) is 7.11 Å². The van der Waals surface area contributed by atoms with Crippen molar-refractivity contribution >= 4 is 16.3 Å². The van der Waals surface area contributed by atoms with E-state index in [2.05, 4.69) is 24.8 Å². The van der Waals surface area contributed by atoms with E-state index in [1.165, 1.54) is 0 Å². The van der Waals surface area contributed by atoms with Gasteiger partial charge in [-0.05, 0) is 0 Å². The Hall–Kier alpha value is 0.400. The van der Waals surface area contributed by atoms with Crippen LogP contribution in [0.1, 0.15) is 0 Å². The minimum absolute atomic E-state index is 0.306. The third-order valence-electron chi connectivity index (χ3n) is 0.162. The Morgan fingerprint density at radius 2 is 2.40 bits per heavy atom. The molecule has 0 saturated heterocycles. The smallest absolute Gasteiger partial charge is 0.159 e. The Morgan fingerprint density at radius 1 is 1.80 bits per heavy atom. The van der Waals surface area contributed by atoms with E-state index < -0.39 is 0 Å². The van der Waals surface area contributed by atoms with E-state index in [0.717, 1.165) is 0 Å². The molecule has 0 fully saturated rings. The lowest BCUT2D eigenvalue weighted by molar-refractivity contribution is 0.0742. The maximum atomic E-state index is 4.42. The molecule has 0 aromatic carbocycles. The first-order valence-electron chi connectivity index (χ1n) is 1.14. The van der Waals surface area contributed by atoms with Crippen LogP contribution < -0.4 is 0 Å². The van der Waals surface area contributed by atoms with E-state index in [9.17, 15) is 0 Å². The summed E-state index contributed by atoms with van der Waals surface area (Å²) in [6.07, 6.45) is 0. The van der Waals surface area contributed by atoms with Crippen LogP contribution in [0.4, 0.5) is 0 Å². The first-order chi connectivity index (χ1) is 2.41. The number of hydrogen-bond acceptors (Lipinski definition) is 2. The lowest BCUT2D eigenvalue weighted by Crippen LogP contribution is -1.82. The van der Waals surface area contributed by atoms with Crippen molar-refractivity contribution in [3.63, 3.8) is 0 Å². The minimum atomic E-state index is 0.306. The molecule has 0 N–H and O–H groups in total. The van der Waals surface area contributed by atoms with Crippen LogP contribution in [0.5, 0.6) is 0 Å². The van der Waals surface area contributed by atoms with Gasteiger partial charge in [0.05, 0.1) is 0 Å². The van der Waals surface area contributed by atoms with E-state index in [-0.39, 0.29) is 0 Å². The molecule has 0 aliphatic heterocycles. The highest BCUT2D eigenvalue weighted by atomic mass is 79.9. The van der Waals surface area contributed by atoms with Crippen LogP contribution in [0.15, 0.2) is 0 Å². The van der Waals surface area contributed by atoms with E-state index in [1.807, 2.05) is 0 Å². The molecule has 3 heteroatoms. The van der Waals surface area contributed by atoms with Gasteiger partial charge in [-0.25, -0.2) is 0 Å². The van der Waals surface area contributed by atoms with Crippen LogP contribution >= 0.6 is 16.3 Å². The molecule has 0 aromatic heterocycles. The summed E-state index contributed by atoms with van der Waals surface area (Å²) >= 11 is 2.68.